The zero-order chi connectivity index (χ0) is 14.0. The quantitative estimate of drug-likeness (QED) is 0.864. The first-order valence-electron chi connectivity index (χ1n) is 5.17. The second-order valence-corrected chi connectivity index (χ2v) is 5.57. The summed E-state index contributed by atoms with van der Waals surface area (Å²) in [6.07, 6.45) is 1.25. The summed E-state index contributed by atoms with van der Waals surface area (Å²) in [5.41, 5.74) is 0.327. The number of aromatic nitrogens is 2. The lowest BCUT2D eigenvalue weighted by Crippen LogP contribution is -2.00. The number of rotatable bonds is 3. The molecule has 0 bridgehead atoms. The van der Waals surface area contributed by atoms with Crippen LogP contribution in [0.4, 0.5) is 4.39 Å². The summed E-state index contributed by atoms with van der Waals surface area (Å²) in [6, 6.07) is 4.70. The number of nitrogens with zero attached hydrogens (tertiary/aromatic N) is 2. The maximum absolute atomic E-state index is 13.8. The van der Waals surface area contributed by atoms with Crippen molar-refractivity contribution in [3.05, 3.63) is 46.1 Å². The largest absolute Gasteiger partial charge is 0.478 e. The van der Waals surface area contributed by atoms with Gasteiger partial charge in [-0.05, 0) is 25.1 Å². The Kier molecular flexibility index (Phi) is 4.16. The number of carbonyl (C=O) groups is 1. The highest BCUT2D eigenvalue weighted by Gasteiger charge is 2.15. The molecule has 0 amide bonds. The molecule has 2 aromatic rings. The molecule has 1 N–H and O–H groups in total. The molecule has 4 nitrogen and oxygen atoms in total. The number of halogens is 2. The van der Waals surface area contributed by atoms with E-state index < -0.39 is 11.8 Å². The van der Waals surface area contributed by atoms with E-state index >= 15 is 0 Å². The Morgan fingerprint density at radius 2 is 2.16 bits per heavy atom. The van der Waals surface area contributed by atoms with Gasteiger partial charge in [-0.3, -0.25) is 0 Å². The van der Waals surface area contributed by atoms with E-state index in [1.807, 2.05) is 0 Å². The Bertz CT molecular complexity index is 652. The third-order valence-corrected chi connectivity index (χ3v) is 3.84. The van der Waals surface area contributed by atoms with E-state index in [4.69, 9.17) is 5.11 Å². The molecule has 19 heavy (non-hydrogen) atoms. The van der Waals surface area contributed by atoms with Gasteiger partial charge < -0.3 is 5.11 Å². The van der Waals surface area contributed by atoms with E-state index in [2.05, 4.69) is 25.9 Å². The predicted octanol–water partition coefficient (Wildman–Crippen LogP) is 3.54. The standard InChI is InChI=1S/C12H8BrFN2O2S/c1-6-10(14)11(16-5-15-6)19-9-4-7(13)2-3-8(9)12(17)18/h2-5H,1H3,(H,17,18). The Morgan fingerprint density at radius 3 is 2.84 bits per heavy atom. The zero-order valence-electron chi connectivity index (χ0n) is 9.72. The number of carboxylic acid groups (broad SMARTS) is 1. The summed E-state index contributed by atoms with van der Waals surface area (Å²) < 4.78 is 14.5. The monoisotopic (exact) mass is 342 g/mol. The molecule has 0 atom stereocenters. The molecule has 0 saturated heterocycles. The van der Waals surface area contributed by atoms with Crippen LogP contribution in [0.15, 0.2) is 38.9 Å². The first-order valence-corrected chi connectivity index (χ1v) is 6.78. The number of benzene rings is 1. The molecule has 1 aromatic carbocycles. The first-order chi connectivity index (χ1) is 8.99. The van der Waals surface area contributed by atoms with Gasteiger partial charge in [-0.1, -0.05) is 27.7 Å². The maximum Gasteiger partial charge on any atom is 0.336 e. The first kappa shape index (κ1) is 14.0. The minimum absolute atomic E-state index is 0.101. The second kappa shape index (κ2) is 5.66. The highest BCUT2D eigenvalue weighted by Crippen LogP contribution is 2.33. The van der Waals surface area contributed by atoms with Gasteiger partial charge in [0.15, 0.2) is 5.82 Å². The molecule has 0 unspecified atom stereocenters. The Balaban J connectivity index is 2.45. The molecule has 98 valence electrons. The highest BCUT2D eigenvalue weighted by molar-refractivity contribution is 9.10. The van der Waals surface area contributed by atoms with Gasteiger partial charge in [0.1, 0.15) is 11.4 Å². The fourth-order valence-corrected chi connectivity index (χ4v) is 2.88. The SMILES string of the molecule is Cc1ncnc(Sc2cc(Br)ccc2C(=O)O)c1F. The molecule has 2 rings (SSSR count). The molecule has 1 aromatic heterocycles. The van der Waals surface area contributed by atoms with Crippen molar-refractivity contribution in [3.8, 4) is 0 Å². The van der Waals surface area contributed by atoms with Crippen LogP contribution in [-0.2, 0) is 0 Å². The summed E-state index contributed by atoms with van der Waals surface area (Å²) in [7, 11) is 0. The summed E-state index contributed by atoms with van der Waals surface area (Å²) in [5, 5.41) is 9.21. The Labute approximate surface area is 121 Å². The van der Waals surface area contributed by atoms with Gasteiger partial charge in [-0.15, -0.1) is 0 Å². The van der Waals surface area contributed by atoms with Crippen LogP contribution < -0.4 is 0 Å². The van der Waals surface area contributed by atoms with Crippen LogP contribution in [0.2, 0.25) is 0 Å². The van der Waals surface area contributed by atoms with E-state index in [-0.39, 0.29) is 16.3 Å². The molecular weight excluding hydrogens is 335 g/mol. The molecule has 0 aliphatic rings. The molecule has 0 aliphatic heterocycles. The fraction of sp³-hybridized carbons (Fsp3) is 0.0833. The van der Waals surface area contributed by atoms with E-state index in [1.165, 1.54) is 19.3 Å². The maximum atomic E-state index is 13.8. The van der Waals surface area contributed by atoms with Gasteiger partial charge in [0, 0.05) is 9.37 Å². The van der Waals surface area contributed by atoms with E-state index in [0.29, 0.717) is 9.37 Å². The number of aromatic carboxylic acids is 1. The van der Waals surface area contributed by atoms with Crippen molar-refractivity contribution >= 4 is 33.7 Å². The van der Waals surface area contributed by atoms with Crippen molar-refractivity contribution < 1.29 is 14.3 Å². The number of carboxylic acids is 1. The van der Waals surface area contributed by atoms with Crippen molar-refractivity contribution in [2.24, 2.45) is 0 Å². The predicted molar refractivity (Wildman–Crippen MR) is 72.0 cm³/mol. The molecule has 0 aliphatic carbocycles. The smallest absolute Gasteiger partial charge is 0.336 e. The lowest BCUT2D eigenvalue weighted by atomic mass is 10.2. The van der Waals surface area contributed by atoms with Crippen LogP contribution >= 0.6 is 27.7 Å². The number of aryl methyl sites for hydroxylation is 1. The van der Waals surface area contributed by atoms with E-state index in [1.54, 1.807) is 12.1 Å². The van der Waals surface area contributed by atoms with Gasteiger partial charge in [-0.2, -0.15) is 0 Å². The van der Waals surface area contributed by atoms with Crippen LogP contribution in [0, 0.1) is 12.7 Å². The van der Waals surface area contributed by atoms with Crippen LogP contribution in [0.3, 0.4) is 0 Å². The van der Waals surface area contributed by atoms with Crippen LogP contribution in [0.5, 0.6) is 0 Å². The van der Waals surface area contributed by atoms with Crippen molar-refractivity contribution in [1.82, 2.24) is 9.97 Å². The van der Waals surface area contributed by atoms with E-state index in [9.17, 15) is 9.18 Å². The number of hydrogen-bond acceptors (Lipinski definition) is 4. The summed E-state index contributed by atoms with van der Waals surface area (Å²) in [6.45, 7) is 1.53. The zero-order valence-corrected chi connectivity index (χ0v) is 12.1. The molecule has 0 fully saturated rings. The molecule has 0 saturated carbocycles. The lowest BCUT2D eigenvalue weighted by Gasteiger charge is -2.07. The Hall–Kier alpha value is -1.47. The summed E-state index contributed by atoms with van der Waals surface area (Å²) in [4.78, 5) is 19.1. The fourth-order valence-electron chi connectivity index (χ4n) is 1.37. The van der Waals surface area contributed by atoms with Crippen LogP contribution in [0.25, 0.3) is 0 Å². The minimum Gasteiger partial charge on any atom is -0.478 e. The van der Waals surface area contributed by atoms with Gasteiger partial charge in [0.05, 0.1) is 11.3 Å². The lowest BCUT2D eigenvalue weighted by molar-refractivity contribution is 0.0693. The van der Waals surface area contributed by atoms with Crippen molar-refractivity contribution in [2.75, 3.05) is 0 Å². The van der Waals surface area contributed by atoms with Crippen molar-refractivity contribution in [2.45, 2.75) is 16.8 Å². The molecule has 7 heteroatoms. The average Bonchev–Trinajstić information content (AvgIpc) is 2.35. The Morgan fingerprint density at radius 1 is 1.42 bits per heavy atom. The van der Waals surface area contributed by atoms with Crippen LogP contribution in [0.1, 0.15) is 16.1 Å². The second-order valence-electron chi connectivity index (χ2n) is 3.63. The summed E-state index contributed by atoms with van der Waals surface area (Å²) >= 11 is 4.22. The van der Waals surface area contributed by atoms with Crippen molar-refractivity contribution in [3.63, 3.8) is 0 Å². The molecule has 0 radical (unpaired) electrons. The van der Waals surface area contributed by atoms with Crippen molar-refractivity contribution in [1.29, 1.82) is 0 Å². The van der Waals surface area contributed by atoms with Gasteiger partial charge >= 0.3 is 5.97 Å². The van der Waals surface area contributed by atoms with Gasteiger partial charge in [-0.25, -0.2) is 19.2 Å². The molecule has 1 heterocycles. The third kappa shape index (κ3) is 3.10. The third-order valence-electron chi connectivity index (χ3n) is 2.31. The topological polar surface area (TPSA) is 63.1 Å². The minimum atomic E-state index is -1.07. The average molecular weight is 343 g/mol. The van der Waals surface area contributed by atoms with Gasteiger partial charge in [0.2, 0.25) is 0 Å². The number of hydrogen-bond donors (Lipinski definition) is 1. The van der Waals surface area contributed by atoms with Gasteiger partial charge in [0.25, 0.3) is 0 Å². The highest BCUT2D eigenvalue weighted by atomic mass is 79.9. The molecular formula is C12H8BrFN2O2S. The molecule has 0 spiro atoms. The van der Waals surface area contributed by atoms with E-state index in [0.717, 1.165) is 11.8 Å². The summed E-state index contributed by atoms with van der Waals surface area (Å²) in [5.74, 6) is -1.61. The normalized spacial score (nSPS) is 10.5. The van der Waals surface area contributed by atoms with Crippen LogP contribution in [-0.4, -0.2) is 21.0 Å².